The van der Waals surface area contributed by atoms with Crippen LogP contribution >= 0.6 is 27.5 Å². The van der Waals surface area contributed by atoms with Gasteiger partial charge in [0.25, 0.3) is 0 Å². The Morgan fingerprint density at radius 2 is 1.89 bits per heavy atom. The summed E-state index contributed by atoms with van der Waals surface area (Å²) >= 11 is 8.98. The second-order valence-corrected chi connectivity index (χ2v) is 5.05. The zero-order valence-corrected chi connectivity index (χ0v) is 11.8. The molecule has 0 atom stereocenters. The van der Waals surface area contributed by atoms with Gasteiger partial charge in [-0.25, -0.2) is 4.39 Å². The highest BCUT2D eigenvalue weighted by Gasteiger charge is 2.13. The summed E-state index contributed by atoms with van der Waals surface area (Å²) in [5, 5.41) is 9.14. The Morgan fingerprint density at radius 1 is 1.16 bits per heavy atom. The summed E-state index contributed by atoms with van der Waals surface area (Å²) in [5.74, 6) is -2.21. The van der Waals surface area contributed by atoms with Crippen LogP contribution in [0.15, 0.2) is 34.8 Å². The first kappa shape index (κ1) is 14.2. The molecule has 19 heavy (non-hydrogen) atoms. The molecule has 6 heteroatoms. The summed E-state index contributed by atoms with van der Waals surface area (Å²) in [6, 6.07) is 6.84. The Labute approximate surface area is 121 Å². The molecule has 0 bridgehead atoms. The molecule has 2 rings (SSSR count). The monoisotopic (exact) mass is 348 g/mol. The number of ether oxygens (including phenoxy) is 1. The van der Waals surface area contributed by atoms with Crippen molar-refractivity contribution in [2.75, 3.05) is 0 Å². The van der Waals surface area contributed by atoms with Gasteiger partial charge >= 0.3 is 0 Å². The number of aliphatic hydroxyl groups is 1. The summed E-state index contributed by atoms with van der Waals surface area (Å²) in [6.45, 7) is -0.167. The Kier molecular flexibility index (Phi) is 4.39. The average Bonchev–Trinajstić information content (AvgIpc) is 2.37. The van der Waals surface area contributed by atoms with Crippen molar-refractivity contribution in [2.45, 2.75) is 6.61 Å². The largest absolute Gasteiger partial charge is 0.453 e. The molecule has 0 heterocycles. The maximum atomic E-state index is 13.5. The van der Waals surface area contributed by atoms with E-state index in [9.17, 15) is 8.78 Å². The Balaban J connectivity index is 2.36. The smallest absolute Gasteiger partial charge is 0.201 e. The summed E-state index contributed by atoms with van der Waals surface area (Å²) in [5.41, 5.74) is 0.596. The molecule has 1 N–H and O–H groups in total. The third-order valence-corrected chi connectivity index (χ3v) is 3.11. The Hall–Kier alpha value is -1.17. The molecule has 0 saturated carbocycles. The molecule has 0 fully saturated rings. The highest BCUT2D eigenvalue weighted by Crippen LogP contribution is 2.33. The van der Waals surface area contributed by atoms with Crippen molar-refractivity contribution < 1.29 is 18.6 Å². The van der Waals surface area contributed by atoms with Crippen LogP contribution in [0, 0.1) is 11.6 Å². The van der Waals surface area contributed by atoms with E-state index in [1.54, 1.807) is 6.07 Å². The average molecular weight is 350 g/mol. The van der Waals surface area contributed by atoms with Gasteiger partial charge in [0.15, 0.2) is 11.6 Å². The Bertz CT molecular complexity index is 620. The van der Waals surface area contributed by atoms with Gasteiger partial charge in [-0.1, -0.05) is 33.6 Å². The van der Waals surface area contributed by atoms with E-state index in [-0.39, 0.29) is 23.1 Å². The van der Waals surface area contributed by atoms with Crippen molar-refractivity contribution >= 4 is 27.5 Å². The highest BCUT2D eigenvalue weighted by atomic mass is 79.9. The van der Waals surface area contributed by atoms with Crippen LogP contribution in [0.2, 0.25) is 5.02 Å². The van der Waals surface area contributed by atoms with Crippen LogP contribution < -0.4 is 4.74 Å². The SMILES string of the molecule is OCc1ccc(Oc2cc(Br)cc(F)c2F)c(Cl)c1. The Morgan fingerprint density at radius 3 is 2.53 bits per heavy atom. The number of rotatable bonds is 3. The van der Waals surface area contributed by atoms with Crippen molar-refractivity contribution in [3.8, 4) is 11.5 Å². The van der Waals surface area contributed by atoms with Gasteiger partial charge < -0.3 is 9.84 Å². The van der Waals surface area contributed by atoms with Gasteiger partial charge in [0.1, 0.15) is 5.75 Å². The molecule has 0 radical (unpaired) electrons. The van der Waals surface area contributed by atoms with Crippen molar-refractivity contribution in [1.82, 2.24) is 0 Å². The van der Waals surface area contributed by atoms with E-state index in [0.29, 0.717) is 10.0 Å². The molecule has 2 aromatic rings. The summed E-state index contributed by atoms with van der Waals surface area (Å²) < 4.78 is 32.3. The first-order valence-corrected chi connectivity index (χ1v) is 6.40. The van der Waals surface area contributed by atoms with Gasteiger partial charge in [-0.15, -0.1) is 0 Å². The lowest BCUT2D eigenvalue weighted by Crippen LogP contribution is -1.93. The number of aliphatic hydroxyl groups excluding tert-OH is 1. The fourth-order valence-corrected chi connectivity index (χ4v) is 2.10. The predicted octanol–water partition coefficient (Wildman–Crippen LogP) is 4.67. The molecule has 0 saturated heterocycles. The van der Waals surface area contributed by atoms with Crippen LogP contribution in [0.4, 0.5) is 8.78 Å². The zero-order chi connectivity index (χ0) is 14.0. The predicted molar refractivity (Wildman–Crippen MR) is 71.5 cm³/mol. The van der Waals surface area contributed by atoms with Crippen LogP contribution in [0.3, 0.4) is 0 Å². The number of benzene rings is 2. The quantitative estimate of drug-likeness (QED) is 0.816. The maximum absolute atomic E-state index is 13.5. The minimum atomic E-state index is -1.09. The lowest BCUT2D eigenvalue weighted by atomic mass is 10.2. The van der Waals surface area contributed by atoms with Crippen molar-refractivity contribution in [1.29, 1.82) is 0 Å². The van der Waals surface area contributed by atoms with E-state index in [1.807, 2.05) is 0 Å². The van der Waals surface area contributed by atoms with Crippen molar-refractivity contribution in [3.63, 3.8) is 0 Å². The van der Waals surface area contributed by atoms with Crippen LogP contribution in [0.25, 0.3) is 0 Å². The molecule has 2 aromatic carbocycles. The molecule has 100 valence electrons. The molecule has 0 spiro atoms. The highest BCUT2D eigenvalue weighted by molar-refractivity contribution is 9.10. The minimum Gasteiger partial charge on any atom is -0.453 e. The number of hydrogen-bond donors (Lipinski definition) is 1. The number of halogens is 4. The molecule has 0 aliphatic heterocycles. The normalized spacial score (nSPS) is 10.6. The van der Waals surface area contributed by atoms with E-state index >= 15 is 0 Å². The van der Waals surface area contributed by atoms with Crippen LogP contribution in [0.1, 0.15) is 5.56 Å². The van der Waals surface area contributed by atoms with E-state index in [4.69, 9.17) is 21.4 Å². The molecule has 0 unspecified atom stereocenters. The zero-order valence-electron chi connectivity index (χ0n) is 9.46. The standard InChI is InChI=1S/C13H8BrClF2O2/c14-8-4-10(16)13(17)12(5-8)19-11-2-1-7(6-18)3-9(11)15/h1-5,18H,6H2. The van der Waals surface area contributed by atoms with E-state index < -0.39 is 11.6 Å². The summed E-state index contributed by atoms with van der Waals surface area (Å²) in [4.78, 5) is 0. The van der Waals surface area contributed by atoms with Crippen LogP contribution in [0.5, 0.6) is 11.5 Å². The molecule has 0 amide bonds. The fraction of sp³-hybridized carbons (Fsp3) is 0.0769. The van der Waals surface area contributed by atoms with Crippen molar-refractivity contribution in [2.24, 2.45) is 0 Å². The molecule has 2 nitrogen and oxygen atoms in total. The lowest BCUT2D eigenvalue weighted by Gasteiger charge is -2.10. The van der Waals surface area contributed by atoms with Gasteiger partial charge in [0.05, 0.1) is 11.6 Å². The van der Waals surface area contributed by atoms with Gasteiger partial charge in [-0.2, -0.15) is 4.39 Å². The third-order valence-electron chi connectivity index (χ3n) is 2.36. The van der Waals surface area contributed by atoms with Gasteiger partial charge in [-0.05, 0) is 29.8 Å². The molecule has 0 aromatic heterocycles. The van der Waals surface area contributed by atoms with Gasteiger partial charge in [0, 0.05) is 4.47 Å². The van der Waals surface area contributed by atoms with Gasteiger partial charge in [-0.3, -0.25) is 0 Å². The summed E-state index contributed by atoms with van der Waals surface area (Å²) in [6.07, 6.45) is 0. The lowest BCUT2D eigenvalue weighted by molar-refractivity contribution is 0.281. The van der Waals surface area contributed by atoms with Crippen LogP contribution in [-0.2, 0) is 6.61 Å². The van der Waals surface area contributed by atoms with E-state index in [1.165, 1.54) is 18.2 Å². The minimum absolute atomic E-state index is 0.167. The van der Waals surface area contributed by atoms with E-state index in [2.05, 4.69) is 15.9 Å². The van der Waals surface area contributed by atoms with E-state index in [0.717, 1.165) is 6.07 Å². The maximum Gasteiger partial charge on any atom is 0.201 e. The summed E-state index contributed by atoms with van der Waals surface area (Å²) in [7, 11) is 0. The molecular weight excluding hydrogens is 341 g/mol. The third kappa shape index (κ3) is 3.23. The first-order chi connectivity index (χ1) is 9.01. The molecule has 0 aliphatic rings. The molecule has 0 aliphatic carbocycles. The second-order valence-electron chi connectivity index (χ2n) is 3.72. The topological polar surface area (TPSA) is 29.5 Å². The molecular formula is C13H8BrClF2O2. The van der Waals surface area contributed by atoms with Gasteiger partial charge in [0.2, 0.25) is 5.82 Å². The first-order valence-electron chi connectivity index (χ1n) is 5.23. The van der Waals surface area contributed by atoms with Crippen molar-refractivity contribution in [3.05, 3.63) is 57.0 Å². The fourth-order valence-electron chi connectivity index (χ4n) is 1.45. The second kappa shape index (κ2) is 5.86. The number of hydrogen-bond acceptors (Lipinski definition) is 2. The van der Waals surface area contributed by atoms with Crippen LogP contribution in [-0.4, -0.2) is 5.11 Å².